The van der Waals surface area contributed by atoms with Gasteiger partial charge in [-0.15, -0.1) is 0 Å². The summed E-state index contributed by atoms with van der Waals surface area (Å²) in [5, 5.41) is 15.8. The van der Waals surface area contributed by atoms with Crippen LogP contribution in [0.3, 0.4) is 0 Å². The summed E-state index contributed by atoms with van der Waals surface area (Å²) in [7, 11) is 0. The summed E-state index contributed by atoms with van der Waals surface area (Å²) < 4.78 is 0. The molecule has 0 aliphatic heterocycles. The van der Waals surface area contributed by atoms with Gasteiger partial charge in [0.1, 0.15) is 12.1 Å². The number of rotatable bonds is 1. The fraction of sp³-hybridized carbons (Fsp3) is 0.111. The number of aromatic hydroxyl groups is 1. The van der Waals surface area contributed by atoms with E-state index in [-0.39, 0.29) is 5.75 Å². The van der Waals surface area contributed by atoms with Gasteiger partial charge in [-0.2, -0.15) is 5.10 Å². The van der Waals surface area contributed by atoms with Gasteiger partial charge in [0.05, 0.1) is 0 Å². The zero-order valence-corrected chi connectivity index (χ0v) is 7.15. The normalized spacial score (nSPS) is 10.2. The van der Waals surface area contributed by atoms with E-state index in [1.165, 1.54) is 6.33 Å². The Hall–Kier alpha value is -1.84. The lowest BCUT2D eigenvalue weighted by Crippen LogP contribution is -1.82. The molecular weight excluding hydrogens is 166 g/mol. The molecule has 1 heterocycles. The number of hydrogen-bond donors (Lipinski definition) is 2. The number of phenolic OH excluding ortho intramolecular Hbond substituents is 1. The molecule has 0 unspecified atom stereocenters. The number of aryl methyl sites for hydroxylation is 1. The first-order valence-electron chi connectivity index (χ1n) is 3.92. The second-order valence-corrected chi connectivity index (χ2v) is 2.89. The third-order valence-electron chi connectivity index (χ3n) is 1.75. The van der Waals surface area contributed by atoms with E-state index in [0.717, 1.165) is 11.1 Å². The van der Waals surface area contributed by atoms with E-state index in [4.69, 9.17) is 0 Å². The van der Waals surface area contributed by atoms with Crippen molar-refractivity contribution in [2.75, 3.05) is 0 Å². The molecule has 2 rings (SSSR count). The maximum Gasteiger partial charge on any atom is 0.155 e. The van der Waals surface area contributed by atoms with Crippen LogP contribution in [0.25, 0.3) is 11.4 Å². The molecule has 0 saturated carbocycles. The Balaban J connectivity index is 2.53. The van der Waals surface area contributed by atoms with Gasteiger partial charge in [0.25, 0.3) is 0 Å². The van der Waals surface area contributed by atoms with Gasteiger partial charge in [-0.1, -0.05) is 0 Å². The molecule has 0 saturated heterocycles. The highest BCUT2D eigenvalue weighted by atomic mass is 16.3. The SMILES string of the molecule is Cc1cc(O)cc(-c2ncn[nH]2)c1. The fourth-order valence-corrected chi connectivity index (χ4v) is 1.24. The summed E-state index contributed by atoms with van der Waals surface area (Å²) in [5.41, 5.74) is 1.83. The number of phenols is 1. The molecular formula is C9H9N3O. The van der Waals surface area contributed by atoms with Crippen LogP contribution >= 0.6 is 0 Å². The van der Waals surface area contributed by atoms with Crippen LogP contribution in [0.2, 0.25) is 0 Å². The van der Waals surface area contributed by atoms with Crippen molar-refractivity contribution in [1.82, 2.24) is 15.2 Å². The van der Waals surface area contributed by atoms with Crippen molar-refractivity contribution in [3.8, 4) is 17.1 Å². The van der Waals surface area contributed by atoms with E-state index in [0.29, 0.717) is 5.82 Å². The van der Waals surface area contributed by atoms with Crippen molar-refractivity contribution in [2.45, 2.75) is 6.92 Å². The van der Waals surface area contributed by atoms with Crippen molar-refractivity contribution in [2.24, 2.45) is 0 Å². The topological polar surface area (TPSA) is 61.8 Å². The zero-order valence-electron chi connectivity index (χ0n) is 7.15. The smallest absolute Gasteiger partial charge is 0.155 e. The highest BCUT2D eigenvalue weighted by molar-refractivity contribution is 5.58. The van der Waals surface area contributed by atoms with Crippen molar-refractivity contribution in [3.63, 3.8) is 0 Å². The molecule has 66 valence electrons. The molecule has 0 spiro atoms. The maximum atomic E-state index is 9.33. The third kappa shape index (κ3) is 1.51. The van der Waals surface area contributed by atoms with E-state index < -0.39 is 0 Å². The molecule has 1 aromatic heterocycles. The average molecular weight is 175 g/mol. The standard InChI is InChI=1S/C9H9N3O/c1-6-2-7(4-8(13)3-6)9-10-5-11-12-9/h2-5,13H,1H3,(H,10,11,12). The van der Waals surface area contributed by atoms with E-state index in [2.05, 4.69) is 15.2 Å². The van der Waals surface area contributed by atoms with Crippen LogP contribution in [-0.4, -0.2) is 20.3 Å². The molecule has 13 heavy (non-hydrogen) atoms. The Bertz CT molecular complexity index is 389. The minimum atomic E-state index is 0.242. The second kappa shape index (κ2) is 2.90. The predicted molar refractivity (Wildman–Crippen MR) is 48.2 cm³/mol. The molecule has 0 aliphatic carbocycles. The largest absolute Gasteiger partial charge is 0.508 e. The number of H-pyrrole nitrogens is 1. The first-order chi connectivity index (χ1) is 6.25. The molecule has 4 nitrogen and oxygen atoms in total. The van der Waals surface area contributed by atoms with Gasteiger partial charge in [0.15, 0.2) is 5.82 Å². The Morgan fingerprint density at radius 1 is 1.31 bits per heavy atom. The average Bonchev–Trinajstić information content (AvgIpc) is 2.53. The van der Waals surface area contributed by atoms with E-state index in [9.17, 15) is 5.11 Å². The van der Waals surface area contributed by atoms with Crippen LogP contribution in [0.4, 0.5) is 0 Å². The molecule has 0 bridgehead atoms. The lowest BCUT2D eigenvalue weighted by atomic mass is 10.1. The van der Waals surface area contributed by atoms with E-state index >= 15 is 0 Å². The number of aromatic amines is 1. The minimum absolute atomic E-state index is 0.242. The molecule has 0 aliphatic rings. The van der Waals surface area contributed by atoms with E-state index in [1.807, 2.05) is 13.0 Å². The molecule has 2 N–H and O–H groups in total. The molecule has 0 atom stereocenters. The first-order valence-corrected chi connectivity index (χ1v) is 3.92. The summed E-state index contributed by atoms with van der Waals surface area (Å²) in [6.45, 7) is 1.92. The van der Waals surface area contributed by atoms with Gasteiger partial charge in [0.2, 0.25) is 0 Å². The monoisotopic (exact) mass is 175 g/mol. The lowest BCUT2D eigenvalue weighted by Gasteiger charge is -1.99. The lowest BCUT2D eigenvalue weighted by molar-refractivity contribution is 0.475. The minimum Gasteiger partial charge on any atom is -0.508 e. The van der Waals surface area contributed by atoms with Crippen LogP contribution in [0.1, 0.15) is 5.56 Å². The highest BCUT2D eigenvalue weighted by Gasteiger charge is 2.02. The van der Waals surface area contributed by atoms with Crippen molar-refractivity contribution in [3.05, 3.63) is 30.1 Å². The molecule has 0 amide bonds. The Kier molecular flexibility index (Phi) is 1.73. The quantitative estimate of drug-likeness (QED) is 0.690. The molecule has 0 radical (unpaired) electrons. The summed E-state index contributed by atoms with van der Waals surface area (Å²) in [4.78, 5) is 3.99. The molecule has 1 aromatic carbocycles. The zero-order chi connectivity index (χ0) is 9.26. The van der Waals surface area contributed by atoms with Crippen molar-refractivity contribution in [1.29, 1.82) is 0 Å². The summed E-state index contributed by atoms with van der Waals surface area (Å²) in [6, 6.07) is 5.27. The molecule has 2 aromatic rings. The van der Waals surface area contributed by atoms with Crippen LogP contribution in [0, 0.1) is 6.92 Å². The first kappa shape index (κ1) is 7.79. The van der Waals surface area contributed by atoms with Crippen molar-refractivity contribution < 1.29 is 5.11 Å². The van der Waals surface area contributed by atoms with Gasteiger partial charge in [-0.05, 0) is 30.7 Å². The van der Waals surface area contributed by atoms with Crippen LogP contribution in [-0.2, 0) is 0 Å². The second-order valence-electron chi connectivity index (χ2n) is 2.89. The summed E-state index contributed by atoms with van der Waals surface area (Å²) in [5.74, 6) is 0.908. The number of nitrogens with one attached hydrogen (secondary N) is 1. The summed E-state index contributed by atoms with van der Waals surface area (Å²) >= 11 is 0. The number of benzene rings is 1. The van der Waals surface area contributed by atoms with Gasteiger partial charge >= 0.3 is 0 Å². The van der Waals surface area contributed by atoms with Gasteiger partial charge < -0.3 is 5.11 Å². The Morgan fingerprint density at radius 3 is 2.77 bits per heavy atom. The predicted octanol–water partition coefficient (Wildman–Crippen LogP) is 1.49. The fourth-order valence-electron chi connectivity index (χ4n) is 1.24. The van der Waals surface area contributed by atoms with Crippen LogP contribution < -0.4 is 0 Å². The van der Waals surface area contributed by atoms with Crippen LogP contribution in [0.5, 0.6) is 5.75 Å². The highest BCUT2D eigenvalue weighted by Crippen LogP contribution is 2.21. The number of aromatic nitrogens is 3. The third-order valence-corrected chi connectivity index (χ3v) is 1.75. The van der Waals surface area contributed by atoms with E-state index in [1.54, 1.807) is 12.1 Å². The van der Waals surface area contributed by atoms with Gasteiger partial charge in [0, 0.05) is 5.56 Å². The molecule has 0 fully saturated rings. The van der Waals surface area contributed by atoms with Crippen molar-refractivity contribution >= 4 is 0 Å². The molecule has 4 heteroatoms. The summed E-state index contributed by atoms with van der Waals surface area (Å²) in [6.07, 6.45) is 1.44. The van der Waals surface area contributed by atoms with Gasteiger partial charge in [-0.25, -0.2) is 4.98 Å². The maximum absolute atomic E-state index is 9.33. The van der Waals surface area contributed by atoms with Crippen LogP contribution in [0.15, 0.2) is 24.5 Å². The Morgan fingerprint density at radius 2 is 2.15 bits per heavy atom. The number of nitrogens with zero attached hydrogens (tertiary/aromatic N) is 2. The Labute approximate surface area is 75.3 Å². The number of hydrogen-bond acceptors (Lipinski definition) is 3. The van der Waals surface area contributed by atoms with Gasteiger partial charge in [-0.3, -0.25) is 5.10 Å².